The Hall–Kier alpha value is -0.0800. The van der Waals surface area contributed by atoms with E-state index in [0.29, 0.717) is 5.41 Å². The van der Waals surface area contributed by atoms with Crippen LogP contribution in [0.3, 0.4) is 0 Å². The summed E-state index contributed by atoms with van der Waals surface area (Å²) >= 11 is 0. The Labute approximate surface area is 67.2 Å². The highest BCUT2D eigenvalue weighted by Crippen LogP contribution is 2.70. The highest BCUT2D eigenvalue weighted by molar-refractivity contribution is 5.15. The molecule has 2 fully saturated rings. The molecule has 2 aliphatic carbocycles. The Bertz CT molecular complexity index is 176. The van der Waals surface area contributed by atoms with Gasteiger partial charge in [0.15, 0.2) is 0 Å². The number of hydrogen-bond donors (Lipinski definition) is 2. The summed E-state index contributed by atoms with van der Waals surface area (Å²) in [6, 6.07) is 0. The molecule has 2 saturated carbocycles. The number of aliphatic hydroxyl groups excluding tert-OH is 2. The molecule has 0 aromatic rings. The largest absolute Gasteiger partial charge is 0.390 e. The fraction of sp³-hybridized carbons (Fsp3) is 1.00. The number of rotatable bonds is 0. The maximum absolute atomic E-state index is 9.36. The molecular formula is C9H16O2. The predicted octanol–water partition coefficient (Wildman–Crippen LogP) is 0.918. The third-order valence-corrected chi connectivity index (χ3v) is 3.73. The van der Waals surface area contributed by atoms with Crippen LogP contribution in [0.25, 0.3) is 0 Å². The molecule has 0 bridgehead atoms. The summed E-state index contributed by atoms with van der Waals surface area (Å²) in [7, 11) is 0. The summed E-state index contributed by atoms with van der Waals surface area (Å²) in [6.45, 7) is 4.44. The van der Waals surface area contributed by atoms with E-state index < -0.39 is 12.2 Å². The van der Waals surface area contributed by atoms with E-state index in [1.165, 1.54) is 6.42 Å². The van der Waals surface area contributed by atoms with Gasteiger partial charge in [-0.15, -0.1) is 0 Å². The minimum absolute atomic E-state index is 0.284. The summed E-state index contributed by atoms with van der Waals surface area (Å²) in [5.74, 6) is 0. The van der Waals surface area contributed by atoms with Crippen molar-refractivity contribution >= 4 is 0 Å². The van der Waals surface area contributed by atoms with Gasteiger partial charge in [-0.2, -0.15) is 0 Å². The molecule has 1 spiro atoms. The zero-order valence-corrected chi connectivity index (χ0v) is 7.17. The smallest absolute Gasteiger partial charge is 0.0804 e. The number of hydrogen-bond acceptors (Lipinski definition) is 2. The molecule has 64 valence electrons. The van der Waals surface area contributed by atoms with Crippen LogP contribution in [0.2, 0.25) is 0 Å². The van der Waals surface area contributed by atoms with Gasteiger partial charge in [-0.05, 0) is 30.1 Å². The van der Waals surface area contributed by atoms with Crippen molar-refractivity contribution in [3.8, 4) is 0 Å². The van der Waals surface area contributed by atoms with Gasteiger partial charge in [0, 0.05) is 0 Å². The van der Waals surface area contributed by atoms with E-state index in [4.69, 9.17) is 0 Å². The maximum atomic E-state index is 9.36. The second-order valence-electron chi connectivity index (χ2n) is 4.88. The van der Waals surface area contributed by atoms with Crippen molar-refractivity contribution in [1.29, 1.82) is 0 Å². The van der Waals surface area contributed by atoms with Crippen LogP contribution in [0.15, 0.2) is 0 Å². The Morgan fingerprint density at radius 2 is 1.45 bits per heavy atom. The maximum Gasteiger partial charge on any atom is 0.0804 e. The minimum atomic E-state index is -0.461. The van der Waals surface area contributed by atoms with Crippen LogP contribution >= 0.6 is 0 Å². The van der Waals surface area contributed by atoms with Crippen LogP contribution in [-0.4, -0.2) is 22.4 Å². The highest BCUT2D eigenvalue weighted by atomic mass is 16.3. The summed E-state index contributed by atoms with van der Waals surface area (Å²) in [5.41, 5.74) is 0.650. The van der Waals surface area contributed by atoms with Crippen LogP contribution in [-0.2, 0) is 0 Å². The molecule has 0 aromatic carbocycles. The van der Waals surface area contributed by atoms with E-state index in [-0.39, 0.29) is 5.41 Å². The van der Waals surface area contributed by atoms with Crippen LogP contribution in [0.1, 0.15) is 33.1 Å². The lowest BCUT2D eigenvalue weighted by Gasteiger charge is -2.11. The van der Waals surface area contributed by atoms with E-state index in [1.807, 2.05) is 0 Å². The van der Waals surface area contributed by atoms with Crippen LogP contribution in [0.4, 0.5) is 0 Å². The molecular weight excluding hydrogens is 140 g/mol. The van der Waals surface area contributed by atoms with Gasteiger partial charge in [0.05, 0.1) is 12.2 Å². The van der Waals surface area contributed by atoms with Gasteiger partial charge in [-0.25, -0.2) is 0 Å². The Kier molecular flexibility index (Phi) is 1.24. The predicted molar refractivity (Wildman–Crippen MR) is 42.1 cm³/mol. The second-order valence-corrected chi connectivity index (χ2v) is 4.88. The van der Waals surface area contributed by atoms with E-state index in [9.17, 15) is 10.2 Å². The Morgan fingerprint density at radius 3 is 1.64 bits per heavy atom. The molecule has 0 aliphatic heterocycles. The highest BCUT2D eigenvalue weighted by Gasteiger charge is 2.65. The zero-order valence-electron chi connectivity index (χ0n) is 7.17. The molecule has 3 atom stereocenters. The third kappa shape index (κ3) is 0.859. The van der Waals surface area contributed by atoms with E-state index in [2.05, 4.69) is 13.8 Å². The van der Waals surface area contributed by atoms with Crippen molar-refractivity contribution in [3.63, 3.8) is 0 Å². The van der Waals surface area contributed by atoms with Crippen LogP contribution in [0, 0.1) is 10.8 Å². The summed E-state index contributed by atoms with van der Waals surface area (Å²) in [6.07, 6.45) is 1.87. The fourth-order valence-corrected chi connectivity index (χ4v) is 2.65. The van der Waals surface area contributed by atoms with E-state index in [1.54, 1.807) is 0 Å². The first-order valence-corrected chi connectivity index (χ1v) is 4.33. The normalized spacial score (nSPS) is 53.5. The standard InChI is InChI=1S/C9H16O2/c1-8(2)5-9(8)3-6(10)7(11)4-9/h6-7,10-11H,3-5H2,1-2H3/t6-,7+,9?. The van der Waals surface area contributed by atoms with Gasteiger partial charge in [0.2, 0.25) is 0 Å². The molecule has 2 N–H and O–H groups in total. The first-order chi connectivity index (χ1) is 4.97. The van der Waals surface area contributed by atoms with Gasteiger partial charge in [-0.3, -0.25) is 0 Å². The van der Waals surface area contributed by atoms with Crippen molar-refractivity contribution in [2.45, 2.75) is 45.3 Å². The second kappa shape index (κ2) is 1.80. The summed E-state index contributed by atoms with van der Waals surface area (Å²) in [4.78, 5) is 0. The molecule has 1 unspecified atom stereocenters. The lowest BCUT2D eigenvalue weighted by atomic mass is 9.94. The monoisotopic (exact) mass is 156 g/mol. The van der Waals surface area contributed by atoms with Crippen LogP contribution in [0.5, 0.6) is 0 Å². The average molecular weight is 156 g/mol. The van der Waals surface area contributed by atoms with E-state index in [0.717, 1.165) is 12.8 Å². The van der Waals surface area contributed by atoms with Crippen molar-refractivity contribution < 1.29 is 10.2 Å². The molecule has 2 nitrogen and oxygen atoms in total. The third-order valence-electron chi connectivity index (χ3n) is 3.73. The van der Waals surface area contributed by atoms with Gasteiger partial charge in [0.25, 0.3) is 0 Å². The minimum Gasteiger partial charge on any atom is -0.390 e. The summed E-state index contributed by atoms with van der Waals surface area (Å²) in [5, 5.41) is 18.7. The fourth-order valence-electron chi connectivity index (χ4n) is 2.65. The molecule has 0 amide bonds. The molecule has 0 aromatic heterocycles. The average Bonchev–Trinajstić information content (AvgIpc) is 2.18. The molecule has 2 heteroatoms. The quantitative estimate of drug-likeness (QED) is 0.547. The molecule has 2 rings (SSSR count). The first-order valence-electron chi connectivity index (χ1n) is 4.33. The summed E-state index contributed by atoms with van der Waals surface area (Å²) < 4.78 is 0. The van der Waals surface area contributed by atoms with Crippen molar-refractivity contribution in [2.24, 2.45) is 10.8 Å². The van der Waals surface area contributed by atoms with Gasteiger partial charge in [0.1, 0.15) is 0 Å². The molecule has 0 heterocycles. The lowest BCUT2D eigenvalue weighted by Crippen LogP contribution is -2.17. The van der Waals surface area contributed by atoms with Gasteiger partial charge >= 0.3 is 0 Å². The number of aliphatic hydroxyl groups is 2. The van der Waals surface area contributed by atoms with Crippen LogP contribution < -0.4 is 0 Å². The van der Waals surface area contributed by atoms with Gasteiger partial charge < -0.3 is 10.2 Å². The molecule has 11 heavy (non-hydrogen) atoms. The molecule has 0 saturated heterocycles. The zero-order chi connectivity index (χ0) is 8.28. The SMILES string of the molecule is CC1(C)CC12C[C@@H](O)[C@@H](O)C2. The topological polar surface area (TPSA) is 40.5 Å². The lowest BCUT2D eigenvalue weighted by molar-refractivity contribution is 0.0438. The molecule has 0 radical (unpaired) electrons. The Balaban J connectivity index is 2.12. The molecule has 2 aliphatic rings. The van der Waals surface area contributed by atoms with Crippen molar-refractivity contribution in [3.05, 3.63) is 0 Å². The van der Waals surface area contributed by atoms with Crippen molar-refractivity contribution in [1.82, 2.24) is 0 Å². The van der Waals surface area contributed by atoms with Gasteiger partial charge in [-0.1, -0.05) is 13.8 Å². The first kappa shape index (κ1) is 7.56. The van der Waals surface area contributed by atoms with E-state index >= 15 is 0 Å². The van der Waals surface area contributed by atoms with Crippen molar-refractivity contribution in [2.75, 3.05) is 0 Å². The Morgan fingerprint density at radius 1 is 1.09 bits per heavy atom.